The number of aromatic nitrogens is 2. The van der Waals surface area contributed by atoms with Crippen LogP contribution in [0.1, 0.15) is 73.0 Å². The lowest BCUT2D eigenvalue weighted by Crippen LogP contribution is -2.38. The number of hydrogen-bond donors (Lipinski definition) is 7. The number of H-pyrrole nitrogens is 1. The number of nitrogens with zero attached hydrogens (tertiary/aromatic N) is 2. The van der Waals surface area contributed by atoms with Crippen LogP contribution in [0.15, 0.2) is 82.1 Å². The van der Waals surface area contributed by atoms with Gasteiger partial charge in [-0.2, -0.15) is 0 Å². The van der Waals surface area contributed by atoms with Gasteiger partial charge in [0, 0.05) is 56.2 Å². The summed E-state index contributed by atoms with van der Waals surface area (Å²) in [4.78, 5) is 44.4. The van der Waals surface area contributed by atoms with Gasteiger partial charge in [0.05, 0.1) is 17.0 Å². The third-order valence-electron chi connectivity index (χ3n) is 9.65. The summed E-state index contributed by atoms with van der Waals surface area (Å²) in [7, 11) is 0. The van der Waals surface area contributed by atoms with Crippen molar-refractivity contribution in [3.05, 3.63) is 111 Å². The molecule has 14 heteroatoms. The first-order chi connectivity index (χ1) is 25.1. The van der Waals surface area contributed by atoms with Crippen LogP contribution in [-0.2, 0) is 23.4 Å². The summed E-state index contributed by atoms with van der Waals surface area (Å²) in [5, 5.41) is 48.5. The molecule has 0 saturated heterocycles. The van der Waals surface area contributed by atoms with Gasteiger partial charge < -0.3 is 45.4 Å². The Bertz CT molecular complexity index is 2020. The van der Waals surface area contributed by atoms with Crippen LogP contribution < -0.4 is 15.5 Å². The van der Waals surface area contributed by atoms with E-state index in [-0.39, 0.29) is 60.8 Å². The fourth-order valence-electron chi connectivity index (χ4n) is 6.82. The molecule has 2 heterocycles. The molecule has 2 amide bonds. The Kier molecular flexibility index (Phi) is 11.7. The number of hydrogen-bond acceptors (Lipinski definition) is 10. The number of phenolic OH excluding ortho intramolecular Hbond substituents is 1. The molecule has 6 rings (SSSR count). The number of thiazole rings is 1. The number of anilines is 1. The molecule has 5 aromatic rings. The van der Waals surface area contributed by atoms with Crippen molar-refractivity contribution in [2.75, 3.05) is 25.0 Å². The van der Waals surface area contributed by atoms with Crippen LogP contribution in [0.4, 0.5) is 10.5 Å². The quantitative estimate of drug-likeness (QED) is 0.0724. The number of nitrogens with one attached hydrogen (secondary N) is 3. The minimum atomic E-state index is -1.38. The molecule has 7 N–H and O–H groups in total. The van der Waals surface area contributed by atoms with E-state index in [1.807, 2.05) is 42.5 Å². The number of carboxylic acid groups (broad SMARTS) is 1. The number of aromatic amines is 1. The highest BCUT2D eigenvalue weighted by molar-refractivity contribution is 7.16. The monoisotopic (exact) mass is 729 g/mol. The largest absolute Gasteiger partial charge is 0.506 e. The predicted octanol–water partition coefficient (Wildman–Crippen LogP) is 5.47. The molecule has 0 unspecified atom stereocenters. The molecule has 2 atom stereocenters. The summed E-state index contributed by atoms with van der Waals surface area (Å²) in [6.45, 7) is 0.708. The van der Waals surface area contributed by atoms with E-state index in [2.05, 4.69) is 20.6 Å². The predicted molar refractivity (Wildman–Crippen MR) is 196 cm³/mol. The number of oxazole rings is 1. The average Bonchev–Trinajstić information content (AvgIpc) is 3.80. The summed E-state index contributed by atoms with van der Waals surface area (Å²) in [5.41, 5.74) is 1.66. The number of amides is 2. The van der Waals surface area contributed by atoms with Gasteiger partial charge in [-0.15, -0.1) is 0 Å². The summed E-state index contributed by atoms with van der Waals surface area (Å²) < 4.78 is 6.59. The first-order valence-corrected chi connectivity index (χ1v) is 18.3. The molecule has 3 aromatic carbocycles. The highest BCUT2D eigenvalue weighted by Gasteiger charge is 2.44. The topological polar surface area (TPSA) is 201 Å². The molecular weight excluding hydrogens is 687 g/mol. The van der Waals surface area contributed by atoms with E-state index >= 15 is 0 Å². The normalized spacial score (nSPS) is 15.3. The van der Waals surface area contributed by atoms with E-state index in [0.29, 0.717) is 33.8 Å². The Balaban J connectivity index is 0.971. The number of aromatic hydroxyl groups is 1. The highest BCUT2D eigenvalue weighted by atomic mass is 32.1. The summed E-state index contributed by atoms with van der Waals surface area (Å²) in [6, 6.07) is 19.6. The van der Waals surface area contributed by atoms with E-state index in [4.69, 9.17) is 4.42 Å². The van der Waals surface area contributed by atoms with Crippen LogP contribution in [0.25, 0.3) is 10.2 Å². The summed E-state index contributed by atoms with van der Waals surface area (Å²) >= 11 is 0.931. The lowest BCUT2D eigenvalue weighted by molar-refractivity contribution is -0.116. The minimum Gasteiger partial charge on any atom is -0.506 e. The van der Waals surface area contributed by atoms with Crippen molar-refractivity contribution in [3.8, 4) is 5.75 Å². The van der Waals surface area contributed by atoms with Gasteiger partial charge in [-0.05, 0) is 42.2 Å². The first-order valence-electron chi connectivity index (χ1n) is 17.4. The standard InChI is InChI=1S/C38H43N5O8S/c44-30-16-15-29(34-33(30)42-36(47)52-34)31(45)23-39-21-24-11-13-27(14-12-24)41-32(46)18-20-43(37(48)49)19-17-28-22-40-35(51-28)38(50,25-7-3-1-4-8-25)26-9-5-2-6-10-26/h1,3-4,7-8,11-16,22,26,31,39,44-45,50H,2,5-6,9-10,17-21,23H2,(H,41,46)(H,42,47)(H,48,49)/t31-,38-/m0/s1. The van der Waals surface area contributed by atoms with Crippen molar-refractivity contribution in [3.63, 3.8) is 0 Å². The highest BCUT2D eigenvalue weighted by Crippen LogP contribution is 2.43. The van der Waals surface area contributed by atoms with Gasteiger partial charge in [-0.1, -0.05) is 79.1 Å². The Hall–Kier alpha value is -5.02. The lowest BCUT2D eigenvalue weighted by Gasteiger charge is -2.36. The van der Waals surface area contributed by atoms with Crippen LogP contribution in [0, 0.1) is 5.92 Å². The van der Waals surface area contributed by atoms with Crippen LogP contribution in [-0.4, -0.2) is 66.9 Å². The van der Waals surface area contributed by atoms with Crippen LogP contribution in [0.3, 0.4) is 0 Å². The molecule has 0 radical (unpaired) electrons. The van der Waals surface area contributed by atoms with Gasteiger partial charge in [0.15, 0.2) is 5.60 Å². The van der Waals surface area contributed by atoms with Gasteiger partial charge in [0.25, 0.3) is 0 Å². The van der Waals surface area contributed by atoms with Gasteiger partial charge in [-0.3, -0.25) is 9.59 Å². The number of benzene rings is 3. The van der Waals surface area contributed by atoms with E-state index in [0.717, 1.165) is 59.5 Å². The zero-order valence-corrected chi connectivity index (χ0v) is 29.4. The first kappa shape index (κ1) is 36.8. The van der Waals surface area contributed by atoms with Crippen LogP contribution in [0.2, 0.25) is 0 Å². The Morgan fingerprint density at radius 1 is 1.04 bits per heavy atom. The van der Waals surface area contributed by atoms with Crippen molar-refractivity contribution in [2.24, 2.45) is 5.92 Å². The van der Waals surface area contributed by atoms with Crippen molar-refractivity contribution in [1.82, 2.24) is 20.2 Å². The van der Waals surface area contributed by atoms with Gasteiger partial charge in [0.1, 0.15) is 17.0 Å². The van der Waals surface area contributed by atoms with Crippen molar-refractivity contribution < 1.29 is 34.4 Å². The third-order valence-corrected chi connectivity index (χ3v) is 10.6. The maximum Gasteiger partial charge on any atom is 0.407 e. The molecule has 1 saturated carbocycles. The Morgan fingerprint density at radius 3 is 2.52 bits per heavy atom. The molecule has 52 heavy (non-hydrogen) atoms. The van der Waals surface area contributed by atoms with Crippen molar-refractivity contribution in [1.29, 1.82) is 0 Å². The van der Waals surface area contributed by atoms with Crippen molar-refractivity contribution >= 4 is 39.2 Å². The number of aliphatic hydroxyl groups excluding tert-OH is 1. The molecule has 1 aliphatic rings. The van der Waals surface area contributed by atoms with E-state index in [9.17, 15) is 34.8 Å². The second-order valence-electron chi connectivity index (χ2n) is 13.2. The van der Waals surface area contributed by atoms with Gasteiger partial charge in [0.2, 0.25) is 11.8 Å². The second kappa shape index (κ2) is 16.5. The lowest BCUT2D eigenvalue weighted by atomic mass is 9.73. The number of carbonyl (C=O) groups excluding carboxylic acids is 1. The van der Waals surface area contributed by atoms with Gasteiger partial charge >= 0.3 is 11.0 Å². The number of rotatable bonds is 15. The minimum absolute atomic E-state index is 0.0184. The number of carbonyl (C=O) groups is 2. The smallest absolute Gasteiger partial charge is 0.407 e. The van der Waals surface area contributed by atoms with Crippen LogP contribution in [0.5, 0.6) is 5.75 Å². The molecule has 1 fully saturated rings. The Morgan fingerprint density at radius 2 is 1.79 bits per heavy atom. The maximum atomic E-state index is 12.7. The number of phenols is 1. The SMILES string of the molecule is O=C(CCN(CCc1cnc([C@](O)(c2ccccc2)C2CCCCC2)o1)C(=O)O)Nc1ccc(CNC[C@H](O)c2ccc(O)c3[nH]c(=O)sc23)cc1. The molecule has 274 valence electrons. The van der Waals surface area contributed by atoms with Crippen molar-refractivity contribution in [2.45, 2.75) is 63.2 Å². The molecule has 0 spiro atoms. The molecule has 0 aliphatic heterocycles. The maximum absolute atomic E-state index is 12.7. The zero-order valence-electron chi connectivity index (χ0n) is 28.6. The number of aliphatic hydroxyl groups is 2. The summed E-state index contributed by atoms with van der Waals surface area (Å²) in [6.07, 6.45) is 4.57. The molecule has 13 nitrogen and oxygen atoms in total. The van der Waals surface area contributed by atoms with Crippen LogP contribution >= 0.6 is 11.3 Å². The fraction of sp³-hybridized carbons (Fsp3) is 0.368. The molecule has 1 aliphatic carbocycles. The number of fused-ring (bicyclic) bond motifs is 1. The Labute approximate surface area is 304 Å². The van der Waals surface area contributed by atoms with E-state index in [1.165, 1.54) is 6.07 Å². The molecular formula is C38H43N5O8S. The second-order valence-corrected chi connectivity index (χ2v) is 14.1. The zero-order chi connectivity index (χ0) is 36.7. The molecule has 0 bridgehead atoms. The van der Waals surface area contributed by atoms with Gasteiger partial charge in [-0.25, -0.2) is 9.78 Å². The fourth-order valence-corrected chi connectivity index (χ4v) is 7.74. The third kappa shape index (κ3) is 8.53. The van der Waals surface area contributed by atoms with E-state index in [1.54, 1.807) is 24.4 Å². The molecule has 2 aromatic heterocycles. The summed E-state index contributed by atoms with van der Waals surface area (Å²) in [5.74, 6) is 0.242. The van der Waals surface area contributed by atoms with E-state index < -0.39 is 17.8 Å². The average molecular weight is 730 g/mol.